The lowest BCUT2D eigenvalue weighted by atomic mass is 9.91. The van der Waals surface area contributed by atoms with Crippen molar-refractivity contribution in [1.29, 1.82) is 0 Å². The van der Waals surface area contributed by atoms with E-state index >= 15 is 0 Å². The third-order valence-corrected chi connectivity index (χ3v) is 3.22. The third-order valence-electron chi connectivity index (χ3n) is 3.22. The second-order valence-corrected chi connectivity index (χ2v) is 4.03. The monoisotopic (exact) mass is 193 g/mol. The van der Waals surface area contributed by atoms with Crippen LogP contribution in [0.3, 0.4) is 0 Å². The van der Waals surface area contributed by atoms with Gasteiger partial charge in [-0.15, -0.1) is 0 Å². The molecule has 78 valence electrons. The first kappa shape index (κ1) is 9.71. The van der Waals surface area contributed by atoms with E-state index in [0.29, 0.717) is 0 Å². The first-order valence-electron chi connectivity index (χ1n) is 5.56. The molecule has 1 aromatic heterocycles. The first-order valence-corrected chi connectivity index (χ1v) is 5.56. The van der Waals surface area contributed by atoms with E-state index in [1.807, 2.05) is 0 Å². The maximum absolute atomic E-state index is 4.41. The van der Waals surface area contributed by atoms with E-state index < -0.39 is 0 Å². The van der Waals surface area contributed by atoms with Crippen LogP contribution in [0.4, 0.5) is 0 Å². The minimum atomic E-state index is 0.733. The van der Waals surface area contributed by atoms with Gasteiger partial charge in [-0.05, 0) is 51.3 Å². The Labute approximate surface area is 85.5 Å². The zero-order chi connectivity index (χ0) is 9.97. The first-order chi connectivity index (χ1) is 6.83. The smallest absolute Gasteiger partial charge is 0.0527 e. The minimum absolute atomic E-state index is 0.733. The van der Waals surface area contributed by atoms with Crippen molar-refractivity contribution in [1.82, 2.24) is 15.1 Å². The van der Waals surface area contributed by atoms with Crippen molar-refractivity contribution in [2.75, 3.05) is 13.1 Å². The Kier molecular flexibility index (Phi) is 2.87. The van der Waals surface area contributed by atoms with E-state index in [-0.39, 0.29) is 0 Å². The summed E-state index contributed by atoms with van der Waals surface area (Å²) in [6.07, 6.45) is 4.58. The Balaban J connectivity index is 2.18. The minimum Gasteiger partial charge on any atom is -0.317 e. The van der Waals surface area contributed by atoms with Crippen LogP contribution in [0.25, 0.3) is 0 Å². The number of nitrogens with one attached hydrogen (secondary N) is 1. The summed E-state index contributed by atoms with van der Waals surface area (Å²) in [4.78, 5) is 0. The Morgan fingerprint density at radius 3 is 2.79 bits per heavy atom. The molecular weight excluding hydrogens is 174 g/mol. The van der Waals surface area contributed by atoms with Crippen LogP contribution in [0.5, 0.6) is 0 Å². The van der Waals surface area contributed by atoms with Crippen LogP contribution in [-0.4, -0.2) is 22.9 Å². The summed E-state index contributed by atoms with van der Waals surface area (Å²) in [5, 5.41) is 7.80. The van der Waals surface area contributed by atoms with Crippen LogP contribution in [0.15, 0.2) is 6.20 Å². The average molecular weight is 193 g/mol. The summed E-state index contributed by atoms with van der Waals surface area (Å²) >= 11 is 0. The normalized spacial score (nSPS) is 18.7. The van der Waals surface area contributed by atoms with Crippen molar-refractivity contribution in [3.63, 3.8) is 0 Å². The molecule has 0 saturated carbocycles. The average Bonchev–Trinajstić information content (AvgIpc) is 2.61. The van der Waals surface area contributed by atoms with Crippen molar-refractivity contribution in [3.05, 3.63) is 17.5 Å². The molecule has 0 atom stereocenters. The molecule has 3 heteroatoms. The number of piperidine rings is 1. The lowest BCUT2D eigenvalue weighted by Crippen LogP contribution is -2.26. The second kappa shape index (κ2) is 4.13. The third kappa shape index (κ3) is 1.69. The Morgan fingerprint density at radius 1 is 1.50 bits per heavy atom. The molecule has 14 heavy (non-hydrogen) atoms. The fourth-order valence-electron chi connectivity index (χ4n) is 2.31. The zero-order valence-electron chi connectivity index (χ0n) is 9.08. The van der Waals surface area contributed by atoms with Gasteiger partial charge in [0, 0.05) is 12.2 Å². The molecule has 1 N–H and O–H groups in total. The highest BCUT2D eigenvalue weighted by Gasteiger charge is 2.19. The Bertz CT molecular complexity index is 297. The predicted octanol–water partition coefficient (Wildman–Crippen LogP) is 1.68. The van der Waals surface area contributed by atoms with Gasteiger partial charge in [0.15, 0.2) is 0 Å². The number of aromatic nitrogens is 2. The van der Waals surface area contributed by atoms with Gasteiger partial charge in [-0.1, -0.05) is 0 Å². The number of hydrogen-bond donors (Lipinski definition) is 1. The molecule has 1 fully saturated rings. The van der Waals surface area contributed by atoms with E-state index in [0.717, 1.165) is 25.6 Å². The largest absolute Gasteiger partial charge is 0.317 e. The van der Waals surface area contributed by atoms with Crippen LogP contribution in [0.2, 0.25) is 0 Å². The van der Waals surface area contributed by atoms with Gasteiger partial charge in [-0.2, -0.15) is 5.10 Å². The fraction of sp³-hybridized carbons (Fsp3) is 0.727. The number of nitrogens with zero attached hydrogens (tertiary/aromatic N) is 2. The Morgan fingerprint density at radius 2 is 2.21 bits per heavy atom. The number of hydrogen-bond acceptors (Lipinski definition) is 2. The van der Waals surface area contributed by atoms with Crippen LogP contribution < -0.4 is 5.32 Å². The van der Waals surface area contributed by atoms with E-state index in [1.54, 1.807) is 0 Å². The summed E-state index contributed by atoms with van der Waals surface area (Å²) < 4.78 is 2.09. The maximum atomic E-state index is 4.41. The van der Waals surface area contributed by atoms with Crippen LogP contribution in [0.1, 0.15) is 36.9 Å². The van der Waals surface area contributed by atoms with Gasteiger partial charge < -0.3 is 5.32 Å². The maximum Gasteiger partial charge on any atom is 0.0527 e. The summed E-state index contributed by atoms with van der Waals surface area (Å²) in [5.41, 5.74) is 2.83. The van der Waals surface area contributed by atoms with Gasteiger partial charge in [-0.25, -0.2) is 0 Å². The second-order valence-electron chi connectivity index (χ2n) is 4.03. The predicted molar refractivity (Wildman–Crippen MR) is 57.5 cm³/mol. The van der Waals surface area contributed by atoms with E-state index in [9.17, 15) is 0 Å². The molecule has 0 amide bonds. The van der Waals surface area contributed by atoms with Crippen molar-refractivity contribution in [2.45, 2.75) is 39.2 Å². The van der Waals surface area contributed by atoms with Gasteiger partial charge in [0.25, 0.3) is 0 Å². The van der Waals surface area contributed by atoms with Crippen molar-refractivity contribution in [3.8, 4) is 0 Å². The number of rotatable bonds is 2. The Hall–Kier alpha value is -0.830. The lowest BCUT2D eigenvalue weighted by molar-refractivity contribution is 0.458. The van der Waals surface area contributed by atoms with E-state index in [4.69, 9.17) is 0 Å². The molecule has 1 aromatic rings. The van der Waals surface area contributed by atoms with E-state index in [1.165, 1.54) is 24.1 Å². The van der Waals surface area contributed by atoms with Crippen molar-refractivity contribution < 1.29 is 0 Å². The lowest BCUT2D eigenvalue weighted by Gasteiger charge is -2.22. The van der Waals surface area contributed by atoms with Crippen LogP contribution >= 0.6 is 0 Å². The van der Waals surface area contributed by atoms with Crippen LogP contribution in [0, 0.1) is 6.92 Å². The highest BCUT2D eigenvalue weighted by molar-refractivity contribution is 5.21. The molecule has 1 aliphatic rings. The summed E-state index contributed by atoms with van der Waals surface area (Å²) in [6.45, 7) is 7.62. The quantitative estimate of drug-likeness (QED) is 0.774. The molecule has 3 nitrogen and oxygen atoms in total. The van der Waals surface area contributed by atoms with Crippen LogP contribution in [-0.2, 0) is 6.54 Å². The van der Waals surface area contributed by atoms with Gasteiger partial charge in [0.05, 0.1) is 6.20 Å². The molecule has 1 saturated heterocycles. The summed E-state index contributed by atoms with van der Waals surface area (Å²) in [6, 6.07) is 0. The molecule has 2 rings (SSSR count). The number of aryl methyl sites for hydroxylation is 1. The highest BCUT2D eigenvalue weighted by Crippen LogP contribution is 2.27. The SMILES string of the molecule is CCn1ncc(C2CCNCC2)c1C. The molecular formula is C11H19N3. The van der Waals surface area contributed by atoms with Crippen molar-refractivity contribution in [2.24, 2.45) is 0 Å². The summed E-state index contributed by atoms with van der Waals surface area (Å²) in [7, 11) is 0. The van der Waals surface area contributed by atoms with Crippen molar-refractivity contribution >= 4 is 0 Å². The molecule has 0 bridgehead atoms. The summed E-state index contributed by atoms with van der Waals surface area (Å²) in [5.74, 6) is 0.733. The highest BCUT2D eigenvalue weighted by atomic mass is 15.3. The molecule has 0 aromatic carbocycles. The fourth-order valence-corrected chi connectivity index (χ4v) is 2.31. The van der Waals surface area contributed by atoms with Gasteiger partial charge in [-0.3, -0.25) is 4.68 Å². The topological polar surface area (TPSA) is 29.9 Å². The molecule has 1 aliphatic heterocycles. The zero-order valence-corrected chi connectivity index (χ0v) is 9.08. The van der Waals surface area contributed by atoms with E-state index in [2.05, 4.69) is 35.1 Å². The molecule has 0 aliphatic carbocycles. The van der Waals surface area contributed by atoms with Gasteiger partial charge in [0.2, 0.25) is 0 Å². The standard InChI is InChI=1S/C11H19N3/c1-3-14-9(2)11(8-13-14)10-4-6-12-7-5-10/h8,10,12H,3-7H2,1-2H3. The molecule has 2 heterocycles. The molecule has 0 unspecified atom stereocenters. The molecule has 0 radical (unpaired) electrons. The molecule has 0 spiro atoms. The van der Waals surface area contributed by atoms with Gasteiger partial charge >= 0.3 is 0 Å². The van der Waals surface area contributed by atoms with Gasteiger partial charge in [0.1, 0.15) is 0 Å².